The van der Waals surface area contributed by atoms with E-state index in [1.165, 1.54) is 5.56 Å². The molecule has 0 saturated carbocycles. The van der Waals surface area contributed by atoms with Gasteiger partial charge in [0.25, 0.3) is 0 Å². The van der Waals surface area contributed by atoms with Crippen molar-refractivity contribution in [2.75, 3.05) is 19.0 Å². The number of aliphatic hydroxyl groups is 1. The number of nitrogens with one attached hydrogen (secondary N) is 1. The number of aliphatic hydroxyl groups excluding tert-OH is 1. The van der Waals surface area contributed by atoms with E-state index in [2.05, 4.69) is 5.32 Å². The number of aryl methyl sites for hydroxylation is 2. The second kappa shape index (κ2) is 6.44. The molecule has 0 amide bonds. The molecule has 106 valence electrons. The third kappa shape index (κ3) is 3.52. The van der Waals surface area contributed by atoms with Crippen LogP contribution in [-0.2, 0) is 0 Å². The van der Waals surface area contributed by atoms with Gasteiger partial charge in [0.1, 0.15) is 5.75 Å². The van der Waals surface area contributed by atoms with Crippen LogP contribution >= 0.6 is 0 Å². The molecular formula is C17H21NO2. The third-order valence-corrected chi connectivity index (χ3v) is 3.30. The quantitative estimate of drug-likeness (QED) is 0.875. The third-order valence-electron chi connectivity index (χ3n) is 3.30. The van der Waals surface area contributed by atoms with Gasteiger partial charge in [0, 0.05) is 6.54 Å². The molecule has 1 atom stereocenters. The van der Waals surface area contributed by atoms with Gasteiger partial charge in [0.2, 0.25) is 0 Å². The summed E-state index contributed by atoms with van der Waals surface area (Å²) in [5.74, 6) is 0.784. The van der Waals surface area contributed by atoms with Gasteiger partial charge >= 0.3 is 0 Å². The van der Waals surface area contributed by atoms with Crippen molar-refractivity contribution in [3.8, 4) is 5.75 Å². The van der Waals surface area contributed by atoms with Crippen LogP contribution < -0.4 is 10.1 Å². The summed E-state index contributed by atoms with van der Waals surface area (Å²) in [6.07, 6.45) is -0.541. The first-order chi connectivity index (χ1) is 9.60. The summed E-state index contributed by atoms with van der Waals surface area (Å²) in [4.78, 5) is 0. The Balaban J connectivity index is 2.04. The van der Waals surface area contributed by atoms with Gasteiger partial charge < -0.3 is 15.2 Å². The van der Waals surface area contributed by atoms with Crippen LogP contribution in [0.2, 0.25) is 0 Å². The fraction of sp³-hybridized carbons (Fsp3) is 0.294. The predicted octanol–water partition coefficient (Wildman–Crippen LogP) is 3.46. The lowest BCUT2D eigenvalue weighted by Crippen LogP contribution is -2.12. The molecule has 0 heterocycles. The molecule has 0 saturated heterocycles. The van der Waals surface area contributed by atoms with Crippen LogP contribution in [-0.4, -0.2) is 18.8 Å². The van der Waals surface area contributed by atoms with E-state index >= 15 is 0 Å². The monoisotopic (exact) mass is 271 g/mol. The summed E-state index contributed by atoms with van der Waals surface area (Å²) in [5.41, 5.74) is 4.15. The average Bonchev–Trinajstić information content (AvgIpc) is 2.45. The van der Waals surface area contributed by atoms with Gasteiger partial charge in [-0.05, 0) is 37.1 Å². The minimum atomic E-state index is -0.541. The van der Waals surface area contributed by atoms with E-state index in [1.807, 2.05) is 56.3 Å². The highest BCUT2D eigenvalue weighted by molar-refractivity contribution is 5.58. The number of hydrogen-bond acceptors (Lipinski definition) is 3. The molecule has 0 fully saturated rings. The maximum absolute atomic E-state index is 10.2. The summed E-state index contributed by atoms with van der Waals surface area (Å²) >= 11 is 0. The average molecular weight is 271 g/mol. The molecule has 0 radical (unpaired) electrons. The van der Waals surface area contributed by atoms with Crippen LogP contribution in [0.5, 0.6) is 5.75 Å². The molecule has 0 aromatic heterocycles. The number of rotatable bonds is 5. The fourth-order valence-electron chi connectivity index (χ4n) is 2.07. The molecule has 2 aromatic carbocycles. The van der Waals surface area contributed by atoms with Crippen molar-refractivity contribution in [2.45, 2.75) is 20.0 Å². The Morgan fingerprint density at radius 3 is 2.35 bits per heavy atom. The van der Waals surface area contributed by atoms with Crippen LogP contribution in [0, 0.1) is 13.8 Å². The number of hydrogen-bond donors (Lipinski definition) is 2. The lowest BCUT2D eigenvalue weighted by atomic mass is 10.1. The first kappa shape index (κ1) is 14.4. The van der Waals surface area contributed by atoms with Crippen molar-refractivity contribution in [3.05, 3.63) is 59.2 Å². The number of methoxy groups -OCH3 is 1. The normalized spacial score (nSPS) is 12.0. The van der Waals surface area contributed by atoms with Gasteiger partial charge in [-0.1, -0.05) is 35.9 Å². The van der Waals surface area contributed by atoms with E-state index in [0.717, 1.165) is 22.6 Å². The topological polar surface area (TPSA) is 41.5 Å². The van der Waals surface area contributed by atoms with Crippen LogP contribution in [0.4, 0.5) is 5.69 Å². The number of ether oxygens (including phenoxy) is 1. The molecule has 1 unspecified atom stereocenters. The van der Waals surface area contributed by atoms with Crippen LogP contribution in [0.1, 0.15) is 22.8 Å². The zero-order valence-electron chi connectivity index (χ0n) is 12.2. The lowest BCUT2D eigenvalue weighted by molar-refractivity contribution is 0.191. The summed E-state index contributed by atoms with van der Waals surface area (Å²) in [6.45, 7) is 4.51. The van der Waals surface area contributed by atoms with Gasteiger partial charge in [0.05, 0.1) is 18.9 Å². The smallest absolute Gasteiger partial charge is 0.141 e. The van der Waals surface area contributed by atoms with E-state index in [9.17, 15) is 5.11 Å². The molecule has 3 heteroatoms. The zero-order chi connectivity index (χ0) is 14.5. The van der Waals surface area contributed by atoms with Crippen LogP contribution in [0.25, 0.3) is 0 Å². The van der Waals surface area contributed by atoms with Gasteiger partial charge in [-0.15, -0.1) is 0 Å². The van der Waals surface area contributed by atoms with E-state index in [4.69, 9.17) is 4.74 Å². The molecule has 0 aliphatic carbocycles. The summed E-state index contributed by atoms with van der Waals surface area (Å²) in [5, 5.41) is 13.4. The maximum Gasteiger partial charge on any atom is 0.141 e. The fourth-order valence-corrected chi connectivity index (χ4v) is 2.07. The Labute approximate surface area is 120 Å². The van der Waals surface area contributed by atoms with Crippen LogP contribution in [0.15, 0.2) is 42.5 Å². The van der Waals surface area contributed by atoms with Crippen molar-refractivity contribution < 1.29 is 9.84 Å². The Morgan fingerprint density at radius 1 is 1.05 bits per heavy atom. The molecule has 3 nitrogen and oxygen atoms in total. The summed E-state index contributed by atoms with van der Waals surface area (Å²) in [7, 11) is 1.65. The Bertz CT molecular complexity index is 564. The second-order valence-electron chi connectivity index (χ2n) is 5.01. The number of anilines is 1. The SMILES string of the molecule is COc1ccc(C)cc1NCC(O)c1ccc(C)cc1. The highest BCUT2D eigenvalue weighted by Crippen LogP contribution is 2.26. The van der Waals surface area contributed by atoms with Crippen molar-refractivity contribution in [1.29, 1.82) is 0 Å². The van der Waals surface area contributed by atoms with E-state index in [0.29, 0.717) is 6.54 Å². The molecule has 2 N–H and O–H groups in total. The van der Waals surface area contributed by atoms with Crippen molar-refractivity contribution in [2.24, 2.45) is 0 Å². The molecule has 0 aliphatic rings. The molecule has 20 heavy (non-hydrogen) atoms. The summed E-state index contributed by atoms with van der Waals surface area (Å²) in [6, 6.07) is 13.9. The molecule has 2 aromatic rings. The van der Waals surface area contributed by atoms with Crippen molar-refractivity contribution in [3.63, 3.8) is 0 Å². The minimum absolute atomic E-state index is 0.447. The molecule has 0 bridgehead atoms. The maximum atomic E-state index is 10.2. The molecule has 2 rings (SSSR count). The second-order valence-corrected chi connectivity index (χ2v) is 5.01. The molecule has 0 aliphatic heterocycles. The van der Waals surface area contributed by atoms with E-state index < -0.39 is 6.10 Å². The first-order valence-corrected chi connectivity index (χ1v) is 6.73. The standard InChI is InChI=1S/C17H21NO2/c1-12-4-7-14(8-5-12)16(19)11-18-15-10-13(2)6-9-17(15)20-3/h4-10,16,18-19H,11H2,1-3H3. The van der Waals surface area contributed by atoms with Gasteiger partial charge in [-0.2, -0.15) is 0 Å². The Morgan fingerprint density at radius 2 is 1.70 bits per heavy atom. The van der Waals surface area contributed by atoms with Gasteiger partial charge in [-0.3, -0.25) is 0 Å². The lowest BCUT2D eigenvalue weighted by Gasteiger charge is -2.16. The molecular weight excluding hydrogens is 250 g/mol. The Hall–Kier alpha value is -2.00. The highest BCUT2D eigenvalue weighted by Gasteiger charge is 2.09. The largest absolute Gasteiger partial charge is 0.495 e. The van der Waals surface area contributed by atoms with E-state index in [1.54, 1.807) is 7.11 Å². The molecule has 0 spiro atoms. The summed E-state index contributed by atoms with van der Waals surface area (Å²) < 4.78 is 5.31. The van der Waals surface area contributed by atoms with Crippen molar-refractivity contribution >= 4 is 5.69 Å². The van der Waals surface area contributed by atoms with Gasteiger partial charge in [-0.25, -0.2) is 0 Å². The predicted molar refractivity (Wildman–Crippen MR) is 82.4 cm³/mol. The highest BCUT2D eigenvalue weighted by atomic mass is 16.5. The first-order valence-electron chi connectivity index (χ1n) is 6.73. The zero-order valence-corrected chi connectivity index (χ0v) is 12.2. The number of benzene rings is 2. The van der Waals surface area contributed by atoms with E-state index in [-0.39, 0.29) is 0 Å². The van der Waals surface area contributed by atoms with Crippen LogP contribution in [0.3, 0.4) is 0 Å². The van der Waals surface area contributed by atoms with Gasteiger partial charge in [0.15, 0.2) is 0 Å². The Kier molecular flexibility index (Phi) is 4.64. The van der Waals surface area contributed by atoms with Crippen molar-refractivity contribution in [1.82, 2.24) is 0 Å². The minimum Gasteiger partial charge on any atom is -0.495 e.